The van der Waals surface area contributed by atoms with Gasteiger partial charge in [-0.15, -0.1) is 0 Å². The number of carboxylic acids is 1. The molecule has 1 heterocycles. The van der Waals surface area contributed by atoms with E-state index in [2.05, 4.69) is 4.98 Å². The second-order valence-electron chi connectivity index (χ2n) is 4.82. The molecule has 0 unspecified atom stereocenters. The van der Waals surface area contributed by atoms with Gasteiger partial charge in [0.15, 0.2) is 0 Å². The van der Waals surface area contributed by atoms with Crippen LogP contribution in [0.25, 0.3) is 11.5 Å². The molecule has 0 spiro atoms. The fraction of sp³-hybridized carbons (Fsp3) is 0.286. The molecule has 20 heavy (non-hydrogen) atoms. The number of rotatable bonds is 4. The first kappa shape index (κ1) is 14.5. The van der Waals surface area contributed by atoms with Crippen molar-refractivity contribution in [1.82, 2.24) is 4.98 Å². The summed E-state index contributed by atoms with van der Waals surface area (Å²) in [6, 6.07) is 4.03. The number of oxazole rings is 1. The van der Waals surface area contributed by atoms with Crippen LogP contribution in [-0.2, 0) is 6.42 Å². The molecule has 0 fully saturated rings. The van der Waals surface area contributed by atoms with Crippen LogP contribution in [0.5, 0.6) is 0 Å². The maximum atomic E-state index is 13.8. The highest BCUT2D eigenvalue weighted by atomic mass is 35.5. The van der Waals surface area contributed by atoms with Gasteiger partial charge < -0.3 is 9.52 Å². The molecular formula is C14H13ClFNO3. The van der Waals surface area contributed by atoms with E-state index in [9.17, 15) is 9.18 Å². The molecule has 2 aromatic rings. The molecule has 1 aromatic carbocycles. The molecule has 106 valence electrons. The summed E-state index contributed by atoms with van der Waals surface area (Å²) in [5, 5.41) is 9.35. The predicted octanol–water partition coefficient (Wildman–Crippen LogP) is 4.03. The van der Waals surface area contributed by atoms with E-state index in [0.29, 0.717) is 12.1 Å². The first-order valence-electron chi connectivity index (χ1n) is 6.07. The quantitative estimate of drug-likeness (QED) is 0.925. The fourth-order valence-electron chi connectivity index (χ4n) is 1.82. The molecule has 0 bridgehead atoms. The minimum atomic E-state index is -1.21. The molecule has 0 aliphatic carbocycles. The van der Waals surface area contributed by atoms with Gasteiger partial charge in [0.2, 0.25) is 11.7 Å². The van der Waals surface area contributed by atoms with Gasteiger partial charge >= 0.3 is 5.97 Å². The lowest BCUT2D eigenvalue weighted by molar-refractivity contribution is 0.0661. The van der Waals surface area contributed by atoms with Gasteiger partial charge in [0.1, 0.15) is 5.82 Å². The topological polar surface area (TPSA) is 63.3 Å². The molecule has 0 atom stereocenters. The van der Waals surface area contributed by atoms with E-state index < -0.39 is 11.8 Å². The zero-order chi connectivity index (χ0) is 14.9. The SMILES string of the molecule is CC(C)Cc1nc(-c2ccc(Cl)cc2F)oc1C(=O)O. The predicted molar refractivity (Wildman–Crippen MR) is 72.4 cm³/mol. The van der Waals surface area contributed by atoms with Crippen LogP contribution in [0.4, 0.5) is 4.39 Å². The van der Waals surface area contributed by atoms with Gasteiger partial charge in [0, 0.05) is 5.02 Å². The number of nitrogens with zero attached hydrogens (tertiary/aromatic N) is 1. The first-order valence-corrected chi connectivity index (χ1v) is 6.44. The Morgan fingerprint density at radius 1 is 1.50 bits per heavy atom. The first-order chi connectivity index (χ1) is 9.38. The third-order valence-electron chi connectivity index (χ3n) is 2.65. The van der Waals surface area contributed by atoms with Crippen molar-refractivity contribution in [1.29, 1.82) is 0 Å². The maximum absolute atomic E-state index is 13.8. The molecular weight excluding hydrogens is 285 g/mol. The number of hydrogen-bond donors (Lipinski definition) is 1. The Balaban J connectivity index is 2.49. The Labute approximate surface area is 120 Å². The number of carboxylic acid groups (broad SMARTS) is 1. The van der Waals surface area contributed by atoms with Crippen molar-refractivity contribution >= 4 is 17.6 Å². The Morgan fingerprint density at radius 3 is 2.75 bits per heavy atom. The van der Waals surface area contributed by atoms with Crippen LogP contribution in [0.3, 0.4) is 0 Å². The summed E-state index contributed by atoms with van der Waals surface area (Å²) in [6.45, 7) is 3.87. The Bertz CT molecular complexity index is 652. The summed E-state index contributed by atoms with van der Waals surface area (Å²) < 4.78 is 19.0. The number of halogens is 2. The van der Waals surface area contributed by atoms with Crippen LogP contribution in [0.15, 0.2) is 22.6 Å². The van der Waals surface area contributed by atoms with Crippen LogP contribution in [0.1, 0.15) is 30.1 Å². The summed E-state index contributed by atoms with van der Waals surface area (Å²) in [4.78, 5) is 15.2. The fourth-order valence-corrected chi connectivity index (χ4v) is 1.98. The Morgan fingerprint density at radius 2 is 2.20 bits per heavy atom. The van der Waals surface area contributed by atoms with Gasteiger partial charge in [-0.05, 0) is 30.5 Å². The molecule has 1 N–H and O–H groups in total. The zero-order valence-corrected chi connectivity index (χ0v) is 11.7. The van der Waals surface area contributed by atoms with Crippen LogP contribution in [-0.4, -0.2) is 16.1 Å². The lowest BCUT2D eigenvalue weighted by Gasteiger charge is -2.00. The van der Waals surface area contributed by atoms with Crippen LogP contribution in [0, 0.1) is 11.7 Å². The van der Waals surface area contributed by atoms with Gasteiger partial charge in [0.05, 0.1) is 11.3 Å². The molecule has 0 saturated heterocycles. The van der Waals surface area contributed by atoms with Crippen molar-refractivity contribution in [2.24, 2.45) is 5.92 Å². The van der Waals surface area contributed by atoms with E-state index in [1.54, 1.807) is 0 Å². The minimum absolute atomic E-state index is 0.0489. The summed E-state index contributed by atoms with van der Waals surface area (Å²) in [5.41, 5.74) is 0.406. The standard InChI is InChI=1S/C14H13ClFNO3/c1-7(2)5-11-12(14(18)19)20-13(17-11)9-4-3-8(15)6-10(9)16/h3-4,6-7H,5H2,1-2H3,(H,18,19). The van der Waals surface area contributed by atoms with E-state index in [0.717, 1.165) is 6.07 Å². The van der Waals surface area contributed by atoms with Crippen molar-refractivity contribution in [2.75, 3.05) is 0 Å². The van der Waals surface area contributed by atoms with Crippen molar-refractivity contribution in [3.63, 3.8) is 0 Å². The molecule has 4 nitrogen and oxygen atoms in total. The van der Waals surface area contributed by atoms with Gasteiger partial charge in [-0.1, -0.05) is 25.4 Å². The minimum Gasteiger partial charge on any atom is -0.475 e. The second-order valence-corrected chi connectivity index (χ2v) is 5.26. The van der Waals surface area contributed by atoms with Crippen LogP contribution >= 0.6 is 11.6 Å². The van der Waals surface area contributed by atoms with Crippen LogP contribution in [0.2, 0.25) is 5.02 Å². The van der Waals surface area contributed by atoms with Crippen molar-refractivity contribution in [2.45, 2.75) is 20.3 Å². The van der Waals surface area contributed by atoms with Gasteiger partial charge in [0.25, 0.3) is 0 Å². The molecule has 2 rings (SSSR count). The average Bonchev–Trinajstić information content (AvgIpc) is 2.71. The summed E-state index contributed by atoms with van der Waals surface area (Å²) >= 11 is 5.68. The third kappa shape index (κ3) is 2.99. The second kappa shape index (κ2) is 5.63. The van der Waals surface area contributed by atoms with Gasteiger partial charge in [-0.3, -0.25) is 0 Å². The number of aromatic nitrogens is 1. The summed E-state index contributed by atoms with van der Waals surface area (Å²) in [5.74, 6) is -1.91. The third-order valence-corrected chi connectivity index (χ3v) is 2.89. The monoisotopic (exact) mass is 297 g/mol. The van der Waals surface area contributed by atoms with Gasteiger partial charge in [-0.25, -0.2) is 14.2 Å². The highest BCUT2D eigenvalue weighted by molar-refractivity contribution is 6.30. The van der Waals surface area contributed by atoms with E-state index in [1.165, 1.54) is 12.1 Å². The van der Waals surface area contributed by atoms with Crippen molar-refractivity contribution in [3.05, 3.63) is 40.5 Å². The molecule has 0 amide bonds. The van der Waals surface area contributed by atoms with Crippen molar-refractivity contribution in [3.8, 4) is 11.5 Å². The van der Waals surface area contributed by atoms with E-state index in [-0.39, 0.29) is 28.2 Å². The summed E-state index contributed by atoms with van der Waals surface area (Å²) in [7, 11) is 0. The Hall–Kier alpha value is -1.88. The van der Waals surface area contributed by atoms with Crippen LogP contribution < -0.4 is 0 Å². The van der Waals surface area contributed by atoms with Crippen molar-refractivity contribution < 1.29 is 18.7 Å². The normalized spacial score (nSPS) is 11.1. The van der Waals surface area contributed by atoms with E-state index in [1.807, 2.05) is 13.8 Å². The molecule has 0 aliphatic rings. The molecule has 1 aromatic heterocycles. The average molecular weight is 298 g/mol. The van der Waals surface area contributed by atoms with Gasteiger partial charge in [-0.2, -0.15) is 0 Å². The lowest BCUT2D eigenvalue weighted by Crippen LogP contribution is -2.03. The smallest absolute Gasteiger partial charge is 0.373 e. The Kier molecular flexibility index (Phi) is 4.09. The molecule has 6 heteroatoms. The molecule has 0 aliphatic heterocycles. The largest absolute Gasteiger partial charge is 0.475 e. The lowest BCUT2D eigenvalue weighted by atomic mass is 10.1. The highest BCUT2D eigenvalue weighted by Crippen LogP contribution is 2.27. The number of carbonyl (C=O) groups is 1. The van der Waals surface area contributed by atoms with E-state index in [4.69, 9.17) is 21.1 Å². The molecule has 0 saturated carbocycles. The zero-order valence-electron chi connectivity index (χ0n) is 11.0. The maximum Gasteiger partial charge on any atom is 0.373 e. The molecule has 0 radical (unpaired) electrons. The number of hydrogen-bond acceptors (Lipinski definition) is 3. The summed E-state index contributed by atoms with van der Waals surface area (Å²) in [6.07, 6.45) is 0.445. The highest BCUT2D eigenvalue weighted by Gasteiger charge is 2.22. The number of benzene rings is 1. The van der Waals surface area contributed by atoms with E-state index >= 15 is 0 Å². The number of aromatic carboxylic acids is 1.